The van der Waals surface area contributed by atoms with E-state index in [-0.39, 0.29) is 17.9 Å². The van der Waals surface area contributed by atoms with Crippen molar-refractivity contribution in [2.75, 3.05) is 0 Å². The van der Waals surface area contributed by atoms with Gasteiger partial charge >= 0.3 is 7.12 Å². The van der Waals surface area contributed by atoms with E-state index in [2.05, 4.69) is 15.3 Å². The number of rotatable bonds is 3. The van der Waals surface area contributed by atoms with Crippen molar-refractivity contribution >= 4 is 29.6 Å². The first-order valence-electron chi connectivity index (χ1n) is 8.52. The van der Waals surface area contributed by atoms with Crippen molar-refractivity contribution in [2.24, 2.45) is 11.8 Å². The van der Waals surface area contributed by atoms with Gasteiger partial charge in [0.15, 0.2) is 0 Å². The summed E-state index contributed by atoms with van der Waals surface area (Å²) in [5.74, 6) is 3.19. The number of carbonyl (C=O) groups is 1. The number of nitrogens with one attached hydrogen (secondary N) is 2. The van der Waals surface area contributed by atoms with Crippen LogP contribution in [0, 0.1) is 11.8 Å². The van der Waals surface area contributed by atoms with Crippen LogP contribution in [0.15, 0.2) is 24.4 Å². The monoisotopic (exact) mass is 323 g/mol. The summed E-state index contributed by atoms with van der Waals surface area (Å²) in [5, 5.41) is 14.2. The maximum atomic E-state index is 11.9. The van der Waals surface area contributed by atoms with Gasteiger partial charge in [-0.05, 0) is 49.2 Å². The minimum Gasteiger partial charge on any atom is -0.531 e. The summed E-state index contributed by atoms with van der Waals surface area (Å²) >= 11 is 0. The SMILES string of the molecule is O=C(N[C@H]1C[C@@H](C2=CB(O)Oc3cnc4[nH]ccc4c32)C1)C1CC1. The molecule has 0 bridgehead atoms. The lowest BCUT2D eigenvalue weighted by atomic mass is 9.68. The van der Waals surface area contributed by atoms with Crippen LogP contribution < -0.4 is 9.97 Å². The molecule has 24 heavy (non-hydrogen) atoms. The van der Waals surface area contributed by atoms with Crippen molar-refractivity contribution in [2.45, 2.75) is 31.7 Å². The number of fused-ring (bicyclic) bond motifs is 3. The van der Waals surface area contributed by atoms with Gasteiger partial charge in [-0.2, -0.15) is 0 Å². The summed E-state index contributed by atoms with van der Waals surface area (Å²) in [5.41, 5.74) is 2.94. The Balaban J connectivity index is 1.40. The topological polar surface area (TPSA) is 87.2 Å². The van der Waals surface area contributed by atoms with Crippen molar-refractivity contribution in [3.8, 4) is 5.75 Å². The lowest BCUT2D eigenvalue weighted by Crippen LogP contribution is -2.45. The predicted octanol–water partition coefficient (Wildman–Crippen LogP) is 1.66. The Labute approximate surface area is 139 Å². The van der Waals surface area contributed by atoms with Gasteiger partial charge in [0, 0.05) is 29.1 Å². The molecule has 2 aliphatic carbocycles. The van der Waals surface area contributed by atoms with Crippen molar-refractivity contribution in [3.63, 3.8) is 0 Å². The van der Waals surface area contributed by atoms with E-state index in [1.807, 2.05) is 12.3 Å². The number of aromatic nitrogens is 2. The number of carbonyl (C=O) groups excluding carboxylic acids is 1. The quantitative estimate of drug-likeness (QED) is 0.750. The summed E-state index contributed by atoms with van der Waals surface area (Å²) in [6.07, 6.45) is 7.40. The second-order valence-corrected chi connectivity index (χ2v) is 7.02. The first-order valence-corrected chi connectivity index (χ1v) is 8.52. The van der Waals surface area contributed by atoms with Crippen molar-refractivity contribution in [1.82, 2.24) is 15.3 Å². The number of amides is 1. The Morgan fingerprint density at radius 1 is 1.42 bits per heavy atom. The molecule has 2 aromatic rings. The maximum absolute atomic E-state index is 11.9. The lowest BCUT2D eigenvalue weighted by Gasteiger charge is -2.39. The molecule has 2 saturated carbocycles. The smallest absolute Gasteiger partial charge is 0.531 e. The lowest BCUT2D eigenvalue weighted by molar-refractivity contribution is -0.123. The largest absolute Gasteiger partial charge is 0.552 e. The van der Waals surface area contributed by atoms with Crippen LogP contribution in [-0.4, -0.2) is 34.1 Å². The van der Waals surface area contributed by atoms with Crippen LogP contribution in [0.4, 0.5) is 0 Å². The number of nitrogens with zero attached hydrogens (tertiary/aromatic N) is 1. The molecule has 6 nitrogen and oxygen atoms in total. The normalized spacial score (nSPS) is 25.5. The van der Waals surface area contributed by atoms with Gasteiger partial charge in [-0.15, -0.1) is 0 Å². The number of hydrogen-bond donors (Lipinski definition) is 3. The molecule has 0 unspecified atom stereocenters. The van der Waals surface area contributed by atoms with Crippen LogP contribution in [0.25, 0.3) is 16.6 Å². The van der Waals surface area contributed by atoms with Gasteiger partial charge in [0.25, 0.3) is 0 Å². The Morgan fingerprint density at radius 3 is 3.04 bits per heavy atom. The average Bonchev–Trinajstić information content (AvgIpc) is 3.27. The molecule has 2 fully saturated rings. The molecule has 122 valence electrons. The molecule has 0 atom stereocenters. The van der Waals surface area contributed by atoms with Crippen LogP contribution in [0.1, 0.15) is 31.2 Å². The third-order valence-electron chi connectivity index (χ3n) is 5.28. The number of pyridine rings is 1. The number of hydrogen-bond acceptors (Lipinski definition) is 4. The third-order valence-corrected chi connectivity index (χ3v) is 5.28. The second-order valence-electron chi connectivity index (χ2n) is 7.02. The number of allylic oxidation sites excluding steroid dienone is 1. The van der Waals surface area contributed by atoms with E-state index in [1.165, 1.54) is 0 Å². The molecule has 3 N–H and O–H groups in total. The van der Waals surface area contributed by atoms with Gasteiger partial charge in [0.2, 0.25) is 5.91 Å². The Kier molecular flexibility index (Phi) is 3.00. The van der Waals surface area contributed by atoms with Crippen molar-refractivity contribution in [1.29, 1.82) is 0 Å². The summed E-state index contributed by atoms with van der Waals surface area (Å²) in [6.45, 7) is 0. The average molecular weight is 323 g/mol. The highest BCUT2D eigenvalue weighted by Gasteiger charge is 2.39. The molecule has 3 aliphatic rings. The fourth-order valence-electron chi connectivity index (χ4n) is 3.77. The van der Waals surface area contributed by atoms with Gasteiger partial charge < -0.3 is 20.0 Å². The van der Waals surface area contributed by atoms with Crippen molar-refractivity contribution < 1.29 is 14.5 Å². The predicted molar refractivity (Wildman–Crippen MR) is 90.1 cm³/mol. The van der Waals surface area contributed by atoms with E-state index in [1.54, 1.807) is 12.2 Å². The Bertz CT molecular complexity index is 852. The standard InChI is InChI=1S/C17H18BN3O3/c22-17(9-1-2-9)21-11-5-10(6-11)13-7-18(23)24-14-8-20-16-12(15(13)14)3-4-19-16/h3-4,7-11,23H,1-2,5-6H2,(H,19,20)(H,21,22)/t10-,11+. The molecule has 1 aliphatic heterocycles. The molecule has 0 spiro atoms. The zero-order valence-electron chi connectivity index (χ0n) is 13.2. The first kappa shape index (κ1) is 14.1. The fourth-order valence-corrected chi connectivity index (χ4v) is 3.77. The zero-order valence-corrected chi connectivity index (χ0v) is 13.2. The molecular formula is C17H18BN3O3. The minimum atomic E-state index is -0.939. The number of aromatic amines is 1. The maximum Gasteiger partial charge on any atom is 0.552 e. The molecule has 5 rings (SSSR count). The molecule has 1 amide bonds. The van der Waals surface area contributed by atoms with Gasteiger partial charge in [0.1, 0.15) is 11.4 Å². The Morgan fingerprint density at radius 2 is 2.25 bits per heavy atom. The molecule has 2 aromatic heterocycles. The van der Waals surface area contributed by atoms with Crippen LogP contribution >= 0.6 is 0 Å². The van der Waals surface area contributed by atoms with Crippen LogP contribution in [-0.2, 0) is 4.79 Å². The van der Waals surface area contributed by atoms with Crippen LogP contribution in [0.3, 0.4) is 0 Å². The van der Waals surface area contributed by atoms with E-state index >= 15 is 0 Å². The molecular weight excluding hydrogens is 305 g/mol. The highest BCUT2D eigenvalue weighted by atomic mass is 16.5. The zero-order chi connectivity index (χ0) is 16.3. The fraction of sp³-hybridized carbons (Fsp3) is 0.412. The molecule has 0 radical (unpaired) electrons. The van der Waals surface area contributed by atoms with Crippen molar-refractivity contribution in [3.05, 3.63) is 30.0 Å². The van der Waals surface area contributed by atoms with Crippen LogP contribution in [0.2, 0.25) is 0 Å². The second kappa shape index (κ2) is 5.11. The molecule has 3 heterocycles. The summed E-state index contributed by atoms with van der Waals surface area (Å²) in [6, 6.07) is 2.23. The van der Waals surface area contributed by atoms with E-state index in [4.69, 9.17) is 4.65 Å². The minimum absolute atomic E-state index is 0.206. The van der Waals surface area contributed by atoms with E-state index in [9.17, 15) is 9.82 Å². The summed E-state index contributed by atoms with van der Waals surface area (Å²) < 4.78 is 5.52. The van der Waals surface area contributed by atoms with Gasteiger partial charge in [0.05, 0.1) is 6.20 Å². The summed E-state index contributed by atoms with van der Waals surface area (Å²) in [7, 11) is -0.939. The summed E-state index contributed by atoms with van der Waals surface area (Å²) in [4.78, 5) is 19.3. The highest BCUT2D eigenvalue weighted by molar-refractivity contribution is 6.52. The van der Waals surface area contributed by atoms with E-state index in [0.717, 1.165) is 47.9 Å². The van der Waals surface area contributed by atoms with Gasteiger partial charge in [-0.3, -0.25) is 4.79 Å². The molecule has 7 heteroatoms. The number of H-pyrrole nitrogens is 1. The van der Waals surface area contributed by atoms with Gasteiger partial charge in [-0.25, -0.2) is 4.98 Å². The third kappa shape index (κ3) is 2.23. The molecule has 0 aromatic carbocycles. The first-order chi connectivity index (χ1) is 11.7. The van der Waals surface area contributed by atoms with Gasteiger partial charge in [-0.1, -0.05) is 0 Å². The highest BCUT2D eigenvalue weighted by Crippen LogP contribution is 2.46. The van der Waals surface area contributed by atoms with E-state index in [0.29, 0.717) is 11.7 Å². The van der Waals surface area contributed by atoms with E-state index < -0.39 is 7.12 Å². The Hall–Kier alpha value is -2.28. The molecule has 0 saturated heterocycles. The van der Waals surface area contributed by atoms with Crippen LogP contribution in [0.5, 0.6) is 5.75 Å².